The van der Waals surface area contributed by atoms with E-state index in [4.69, 9.17) is 4.18 Å². The first kappa shape index (κ1) is 20.3. The minimum absolute atomic E-state index is 0. The molecule has 1 radical (unpaired) electrons. The van der Waals surface area contributed by atoms with Crippen LogP contribution in [-0.2, 0) is 14.3 Å². The van der Waals surface area contributed by atoms with E-state index in [1.165, 1.54) is 19.3 Å². The van der Waals surface area contributed by atoms with Crippen molar-refractivity contribution < 1.29 is 12.6 Å². The molecule has 0 fully saturated rings. The summed E-state index contributed by atoms with van der Waals surface area (Å²) in [5.41, 5.74) is 0. The molecule has 0 saturated heterocycles. The van der Waals surface area contributed by atoms with Crippen LogP contribution >= 0.6 is 0 Å². The van der Waals surface area contributed by atoms with Crippen LogP contribution in [0.25, 0.3) is 10.8 Å². The maximum Gasteiger partial charge on any atom is 0.297 e. The average Bonchev–Trinajstić information content (AvgIpc) is 2.53. The van der Waals surface area contributed by atoms with Crippen molar-refractivity contribution in [2.24, 2.45) is 0 Å². The molecule has 0 aliphatic carbocycles. The van der Waals surface area contributed by atoms with Gasteiger partial charge in [-0.05, 0) is 17.9 Å². The number of benzene rings is 2. The maximum absolute atomic E-state index is 12.4. The minimum Gasteiger partial charge on any atom is -0.266 e. The number of rotatable bonds is 9. The SMILES string of the molecule is CCCCCCCCOS(=O)(=O)c1cccc2ccccc12.[Li]. The summed E-state index contributed by atoms with van der Waals surface area (Å²) < 4.78 is 29.9. The molecule has 0 aromatic heterocycles. The summed E-state index contributed by atoms with van der Waals surface area (Å²) in [6, 6.07) is 12.7. The molecule has 0 amide bonds. The fourth-order valence-electron chi connectivity index (χ4n) is 2.53. The van der Waals surface area contributed by atoms with Crippen molar-refractivity contribution in [3.63, 3.8) is 0 Å². The van der Waals surface area contributed by atoms with Crippen LogP contribution in [0.2, 0.25) is 0 Å². The second-order valence-electron chi connectivity index (χ2n) is 5.52. The first-order valence-electron chi connectivity index (χ1n) is 8.02. The van der Waals surface area contributed by atoms with E-state index in [0.29, 0.717) is 5.39 Å². The van der Waals surface area contributed by atoms with Crippen LogP contribution in [0.1, 0.15) is 45.4 Å². The van der Waals surface area contributed by atoms with Crippen LogP contribution in [0.5, 0.6) is 0 Å². The number of hydrogen-bond donors (Lipinski definition) is 0. The van der Waals surface area contributed by atoms with Crippen LogP contribution in [-0.4, -0.2) is 33.9 Å². The Hall–Kier alpha value is -0.793. The largest absolute Gasteiger partial charge is 0.297 e. The molecule has 0 saturated carbocycles. The first-order chi connectivity index (χ1) is 10.6. The predicted molar refractivity (Wildman–Crippen MR) is 96.2 cm³/mol. The molecule has 2 aromatic rings. The maximum atomic E-state index is 12.4. The molecule has 0 aliphatic heterocycles. The number of fused-ring (bicyclic) bond motifs is 1. The summed E-state index contributed by atoms with van der Waals surface area (Å²) in [7, 11) is -3.68. The van der Waals surface area contributed by atoms with Crippen LogP contribution in [0.4, 0.5) is 0 Å². The zero-order valence-electron chi connectivity index (χ0n) is 14.1. The van der Waals surface area contributed by atoms with Crippen molar-refractivity contribution in [2.45, 2.75) is 50.3 Å². The van der Waals surface area contributed by atoms with E-state index in [2.05, 4.69) is 6.92 Å². The van der Waals surface area contributed by atoms with Crippen molar-refractivity contribution in [3.05, 3.63) is 42.5 Å². The van der Waals surface area contributed by atoms with E-state index in [0.717, 1.165) is 24.6 Å². The molecule has 3 nitrogen and oxygen atoms in total. The second-order valence-corrected chi connectivity index (χ2v) is 7.10. The van der Waals surface area contributed by atoms with Crippen molar-refractivity contribution >= 4 is 39.8 Å². The second kappa shape index (κ2) is 10.2. The molecule has 0 atom stereocenters. The van der Waals surface area contributed by atoms with Gasteiger partial charge in [-0.25, -0.2) is 0 Å². The van der Waals surface area contributed by atoms with Gasteiger partial charge in [0, 0.05) is 24.2 Å². The molecule has 23 heavy (non-hydrogen) atoms. The monoisotopic (exact) mass is 327 g/mol. The minimum atomic E-state index is -3.68. The standard InChI is InChI=1S/C18H24O3S.Li/c1-2-3-4-5-6-9-15-21-22(19,20)18-14-10-12-16-11-7-8-13-17(16)18;/h7-8,10-14H,2-6,9,15H2,1H3;. The van der Waals surface area contributed by atoms with Crippen LogP contribution in [0, 0.1) is 0 Å². The summed E-state index contributed by atoms with van der Waals surface area (Å²) in [4.78, 5) is 0.261. The third kappa shape index (κ3) is 5.97. The third-order valence-corrected chi connectivity index (χ3v) is 5.13. The smallest absolute Gasteiger partial charge is 0.266 e. The number of hydrogen-bond acceptors (Lipinski definition) is 3. The van der Waals surface area contributed by atoms with Crippen molar-refractivity contribution in [1.82, 2.24) is 0 Å². The van der Waals surface area contributed by atoms with E-state index < -0.39 is 10.1 Å². The van der Waals surface area contributed by atoms with Gasteiger partial charge >= 0.3 is 0 Å². The van der Waals surface area contributed by atoms with Crippen LogP contribution in [0.15, 0.2) is 47.4 Å². The van der Waals surface area contributed by atoms with Crippen molar-refractivity contribution in [1.29, 1.82) is 0 Å². The van der Waals surface area contributed by atoms with Crippen LogP contribution < -0.4 is 0 Å². The average molecular weight is 327 g/mol. The molecule has 0 heterocycles. The van der Waals surface area contributed by atoms with Gasteiger partial charge in [-0.3, -0.25) is 4.18 Å². The summed E-state index contributed by atoms with van der Waals surface area (Å²) in [6.07, 6.45) is 6.62. The Kier molecular flexibility index (Phi) is 8.94. The van der Waals surface area contributed by atoms with Gasteiger partial charge in [0.2, 0.25) is 0 Å². The molecule has 0 N–H and O–H groups in total. The summed E-state index contributed by atoms with van der Waals surface area (Å²) >= 11 is 0. The summed E-state index contributed by atoms with van der Waals surface area (Å²) in [5, 5.41) is 1.62. The molecular formula is C18H24LiO3S. The molecule has 0 spiro atoms. The molecule has 0 unspecified atom stereocenters. The van der Waals surface area contributed by atoms with Gasteiger partial charge in [0.25, 0.3) is 10.1 Å². The van der Waals surface area contributed by atoms with E-state index >= 15 is 0 Å². The topological polar surface area (TPSA) is 43.4 Å². The summed E-state index contributed by atoms with van der Waals surface area (Å²) in [5.74, 6) is 0. The van der Waals surface area contributed by atoms with Gasteiger partial charge in [0.1, 0.15) is 4.90 Å². The molecule has 0 aliphatic rings. The Morgan fingerprint density at radius 3 is 2.30 bits per heavy atom. The molecule has 5 heteroatoms. The van der Waals surface area contributed by atoms with E-state index in [1.54, 1.807) is 12.1 Å². The number of unbranched alkanes of at least 4 members (excludes halogenated alkanes) is 5. The zero-order chi connectivity index (χ0) is 15.8. The van der Waals surface area contributed by atoms with Gasteiger partial charge in [-0.15, -0.1) is 0 Å². The Bertz CT molecular complexity index is 693. The van der Waals surface area contributed by atoms with E-state index in [-0.39, 0.29) is 30.4 Å². The summed E-state index contributed by atoms with van der Waals surface area (Å²) in [6.45, 7) is 2.44. The molecule has 121 valence electrons. The van der Waals surface area contributed by atoms with E-state index in [9.17, 15) is 8.42 Å². The zero-order valence-corrected chi connectivity index (χ0v) is 14.9. The molecule has 2 rings (SSSR count). The van der Waals surface area contributed by atoms with E-state index in [1.807, 2.05) is 30.3 Å². The van der Waals surface area contributed by atoms with Crippen molar-refractivity contribution in [2.75, 3.05) is 6.61 Å². The van der Waals surface area contributed by atoms with Gasteiger partial charge in [-0.2, -0.15) is 8.42 Å². The normalized spacial score (nSPS) is 11.3. The third-order valence-electron chi connectivity index (χ3n) is 3.76. The first-order valence-corrected chi connectivity index (χ1v) is 9.43. The molecular weight excluding hydrogens is 303 g/mol. The molecule has 0 bridgehead atoms. The van der Waals surface area contributed by atoms with Gasteiger partial charge < -0.3 is 0 Å². The Labute approximate surface area is 151 Å². The van der Waals surface area contributed by atoms with Gasteiger partial charge in [-0.1, -0.05) is 75.4 Å². The van der Waals surface area contributed by atoms with Gasteiger partial charge in [0.05, 0.1) is 6.61 Å². The Balaban J connectivity index is 0.00000264. The quantitative estimate of drug-likeness (QED) is 0.386. The molecule has 2 aromatic carbocycles. The predicted octanol–water partition coefficient (Wildman–Crippen LogP) is 4.52. The Morgan fingerprint density at radius 2 is 1.52 bits per heavy atom. The van der Waals surface area contributed by atoms with Gasteiger partial charge in [0.15, 0.2) is 0 Å². The van der Waals surface area contributed by atoms with Crippen LogP contribution in [0.3, 0.4) is 0 Å². The Morgan fingerprint density at radius 1 is 0.870 bits per heavy atom. The fourth-order valence-corrected chi connectivity index (χ4v) is 3.69. The fraction of sp³-hybridized carbons (Fsp3) is 0.444. The van der Waals surface area contributed by atoms with Crippen molar-refractivity contribution in [3.8, 4) is 0 Å².